The van der Waals surface area contributed by atoms with Gasteiger partial charge in [-0.25, -0.2) is 8.42 Å². The molecule has 0 aromatic heterocycles. The Bertz CT molecular complexity index is 1140. The van der Waals surface area contributed by atoms with Crippen LogP contribution in [0, 0.1) is 13.8 Å². The van der Waals surface area contributed by atoms with Crippen LogP contribution in [0.5, 0.6) is 0 Å². The van der Waals surface area contributed by atoms with Crippen LogP contribution in [0.25, 0.3) is 0 Å². The minimum atomic E-state index is -3.77. The second-order valence-electron chi connectivity index (χ2n) is 9.32. The number of nitrogens with zero attached hydrogens (tertiary/aromatic N) is 2. The summed E-state index contributed by atoms with van der Waals surface area (Å²) in [5, 5.41) is 3.62. The van der Waals surface area contributed by atoms with E-state index < -0.39 is 28.5 Å². The average Bonchev–Trinajstić information content (AvgIpc) is 3.29. The van der Waals surface area contributed by atoms with Gasteiger partial charge in [0.1, 0.15) is 12.6 Å². The summed E-state index contributed by atoms with van der Waals surface area (Å²) in [6, 6.07) is 11.8. The molecule has 0 unspecified atom stereocenters. The number of halogens is 1. The first kappa shape index (κ1) is 27.0. The Morgan fingerprint density at radius 1 is 1.06 bits per heavy atom. The first-order chi connectivity index (χ1) is 16.5. The van der Waals surface area contributed by atoms with E-state index in [1.165, 1.54) is 4.90 Å². The molecule has 0 bridgehead atoms. The molecular formula is C26H34ClN3O4S. The molecular weight excluding hydrogens is 486 g/mol. The maximum atomic E-state index is 13.7. The van der Waals surface area contributed by atoms with Gasteiger partial charge in [0.15, 0.2) is 0 Å². The normalized spacial score (nSPS) is 15.0. The number of carbonyl (C=O) groups excluding carboxylic acids is 2. The number of carbonyl (C=O) groups is 2. The van der Waals surface area contributed by atoms with Crippen molar-refractivity contribution in [3.8, 4) is 0 Å². The number of nitrogens with one attached hydrogen (secondary N) is 1. The zero-order valence-electron chi connectivity index (χ0n) is 20.8. The standard InChI is InChI=1S/C26H34ClN3O4S/c1-18-8-7-9-19(2)25(18)30(35(4,33)34)17-24(31)29(16-21-12-14-22(27)15-13-21)20(3)26(32)28-23-10-5-6-11-23/h7-9,12-15,20,23H,5-6,10-11,16-17H2,1-4H3,(H,28,32)/t20-/m0/s1. The van der Waals surface area contributed by atoms with E-state index in [1.54, 1.807) is 31.2 Å². The lowest BCUT2D eigenvalue weighted by Gasteiger charge is -2.33. The fourth-order valence-electron chi connectivity index (χ4n) is 4.54. The Balaban J connectivity index is 1.91. The summed E-state index contributed by atoms with van der Waals surface area (Å²) in [5.41, 5.74) is 2.78. The van der Waals surface area contributed by atoms with Gasteiger partial charge in [-0.2, -0.15) is 0 Å². The second kappa shape index (κ2) is 11.4. The van der Waals surface area contributed by atoms with Gasteiger partial charge in [0.05, 0.1) is 11.9 Å². The van der Waals surface area contributed by atoms with Gasteiger partial charge in [-0.3, -0.25) is 13.9 Å². The molecule has 2 aromatic carbocycles. The molecule has 9 heteroatoms. The largest absolute Gasteiger partial charge is 0.352 e. The van der Waals surface area contributed by atoms with Crippen LogP contribution in [0.3, 0.4) is 0 Å². The molecule has 1 fully saturated rings. The predicted molar refractivity (Wildman–Crippen MR) is 140 cm³/mol. The molecule has 1 atom stereocenters. The molecule has 3 rings (SSSR count). The zero-order chi connectivity index (χ0) is 25.8. The van der Waals surface area contributed by atoms with E-state index >= 15 is 0 Å². The van der Waals surface area contributed by atoms with Crippen molar-refractivity contribution in [3.63, 3.8) is 0 Å². The Morgan fingerprint density at radius 3 is 2.17 bits per heavy atom. The van der Waals surface area contributed by atoms with E-state index in [0.29, 0.717) is 10.7 Å². The van der Waals surface area contributed by atoms with Gasteiger partial charge in [-0.1, -0.05) is 54.8 Å². The van der Waals surface area contributed by atoms with Crippen LogP contribution in [0.1, 0.15) is 49.3 Å². The molecule has 2 aromatic rings. The van der Waals surface area contributed by atoms with Gasteiger partial charge in [-0.15, -0.1) is 0 Å². The summed E-state index contributed by atoms with van der Waals surface area (Å²) in [5.74, 6) is -0.695. The van der Waals surface area contributed by atoms with E-state index in [-0.39, 0.29) is 18.5 Å². The molecule has 190 valence electrons. The summed E-state index contributed by atoms with van der Waals surface area (Å²) < 4.78 is 26.7. The van der Waals surface area contributed by atoms with Gasteiger partial charge < -0.3 is 10.2 Å². The van der Waals surface area contributed by atoms with Crippen LogP contribution in [0.2, 0.25) is 5.02 Å². The van der Waals surface area contributed by atoms with E-state index in [4.69, 9.17) is 11.6 Å². The van der Waals surface area contributed by atoms with Crippen molar-refractivity contribution in [1.82, 2.24) is 10.2 Å². The third-order valence-corrected chi connectivity index (χ3v) is 7.87. The van der Waals surface area contributed by atoms with E-state index in [0.717, 1.165) is 52.9 Å². The Kier molecular flexibility index (Phi) is 8.83. The molecule has 1 aliphatic carbocycles. The first-order valence-electron chi connectivity index (χ1n) is 11.9. The van der Waals surface area contributed by atoms with Crippen LogP contribution >= 0.6 is 11.6 Å². The third-order valence-electron chi connectivity index (χ3n) is 6.50. The fourth-order valence-corrected chi connectivity index (χ4v) is 5.63. The maximum absolute atomic E-state index is 13.7. The predicted octanol–water partition coefficient (Wildman–Crippen LogP) is 4.20. The van der Waals surface area contributed by atoms with Crippen molar-refractivity contribution < 1.29 is 18.0 Å². The molecule has 0 saturated heterocycles. The molecule has 0 heterocycles. The van der Waals surface area contributed by atoms with Crippen LogP contribution in [0.4, 0.5) is 5.69 Å². The molecule has 1 N–H and O–H groups in total. The average molecular weight is 520 g/mol. The van der Waals surface area contributed by atoms with Gasteiger partial charge in [-0.05, 0) is 62.4 Å². The van der Waals surface area contributed by atoms with Crippen molar-refractivity contribution in [1.29, 1.82) is 0 Å². The zero-order valence-corrected chi connectivity index (χ0v) is 22.3. The monoisotopic (exact) mass is 519 g/mol. The number of rotatable bonds is 9. The smallest absolute Gasteiger partial charge is 0.244 e. The number of hydrogen-bond donors (Lipinski definition) is 1. The lowest BCUT2D eigenvalue weighted by molar-refractivity contribution is -0.139. The Hall–Kier alpha value is -2.58. The third kappa shape index (κ3) is 6.98. The number of benzene rings is 2. The van der Waals surface area contributed by atoms with Crippen molar-refractivity contribution in [2.45, 2.75) is 65.1 Å². The van der Waals surface area contributed by atoms with Crippen molar-refractivity contribution >= 4 is 39.1 Å². The highest BCUT2D eigenvalue weighted by atomic mass is 35.5. The lowest BCUT2D eigenvalue weighted by atomic mass is 10.1. The number of anilines is 1. The molecule has 1 saturated carbocycles. The van der Waals surface area contributed by atoms with Gasteiger partial charge in [0.25, 0.3) is 0 Å². The minimum Gasteiger partial charge on any atom is -0.352 e. The quantitative estimate of drug-likeness (QED) is 0.538. The molecule has 35 heavy (non-hydrogen) atoms. The summed E-state index contributed by atoms with van der Waals surface area (Å²) in [4.78, 5) is 28.2. The van der Waals surface area contributed by atoms with Gasteiger partial charge in [0, 0.05) is 17.6 Å². The number of para-hydroxylation sites is 1. The van der Waals surface area contributed by atoms with Gasteiger partial charge in [0.2, 0.25) is 21.8 Å². The molecule has 2 amide bonds. The summed E-state index contributed by atoms with van der Waals surface area (Å²) in [6.07, 6.45) is 5.10. The van der Waals surface area contributed by atoms with E-state index in [1.807, 2.05) is 32.0 Å². The van der Waals surface area contributed by atoms with Crippen LogP contribution in [-0.2, 0) is 26.2 Å². The Morgan fingerprint density at radius 2 is 1.63 bits per heavy atom. The van der Waals surface area contributed by atoms with Crippen LogP contribution in [-0.4, -0.2) is 50.0 Å². The van der Waals surface area contributed by atoms with E-state index in [2.05, 4.69) is 5.32 Å². The van der Waals surface area contributed by atoms with Crippen molar-refractivity contribution in [2.24, 2.45) is 0 Å². The highest BCUT2D eigenvalue weighted by molar-refractivity contribution is 7.92. The second-order valence-corrected chi connectivity index (χ2v) is 11.7. The van der Waals surface area contributed by atoms with E-state index in [9.17, 15) is 18.0 Å². The molecule has 1 aliphatic rings. The minimum absolute atomic E-state index is 0.111. The highest BCUT2D eigenvalue weighted by Crippen LogP contribution is 2.27. The van der Waals surface area contributed by atoms with Crippen LogP contribution < -0.4 is 9.62 Å². The van der Waals surface area contributed by atoms with Crippen molar-refractivity contribution in [3.05, 3.63) is 64.2 Å². The first-order valence-corrected chi connectivity index (χ1v) is 14.1. The number of amides is 2. The molecule has 7 nitrogen and oxygen atoms in total. The topological polar surface area (TPSA) is 86.8 Å². The van der Waals surface area contributed by atoms with Crippen LogP contribution in [0.15, 0.2) is 42.5 Å². The SMILES string of the molecule is Cc1cccc(C)c1N(CC(=O)N(Cc1ccc(Cl)cc1)[C@@H](C)C(=O)NC1CCCC1)S(C)(=O)=O. The van der Waals surface area contributed by atoms with Crippen molar-refractivity contribution in [2.75, 3.05) is 17.1 Å². The number of aryl methyl sites for hydroxylation is 2. The maximum Gasteiger partial charge on any atom is 0.244 e. The fraction of sp³-hybridized carbons (Fsp3) is 0.462. The summed E-state index contributed by atoms with van der Waals surface area (Å²) in [7, 11) is -3.77. The molecule has 0 aliphatic heterocycles. The molecule has 0 spiro atoms. The number of hydrogen-bond acceptors (Lipinski definition) is 4. The summed E-state index contributed by atoms with van der Waals surface area (Å²) >= 11 is 6.02. The Labute approximate surface area is 213 Å². The summed E-state index contributed by atoms with van der Waals surface area (Å²) in [6.45, 7) is 5.06. The number of sulfonamides is 1. The van der Waals surface area contributed by atoms with Gasteiger partial charge >= 0.3 is 0 Å². The highest BCUT2D eigenvalue weighted by Gasteiger charge is 2.32. The lowest BCUT2D eigenvalue weighted by Crippen LogP contribution is -2.52. The molecule has 0 radical (unpaired) electrons.